The minimum atomic E-state index is -0.0707. The predicted molar refractivity (Wildman–Crippen MR) is 111 cm³/mol. The predicted octanol–water partition coefficient (Wildman–Crippen LogP) is 4.51. The van der Waals surface area contributed by atoms with Crippen LogP contribution in [0.25, 0.3) is 10.2 Å². The number of para-hydroxylation sites is 1. The number of benzene rings is 2. The number of carbonyl (C=O) groups excluding carboxylic acids is 1. The zero-order chi connectivity index (χ0) is 19.5. The SMILES string of the molecule is CC(C)C(NC(=O)CCc1nc2ccccc2s1)c1ccc2c(c1)OCCO2. The highest BCUT2D eigenvalue weighted by molar-refractivity contribution is 7.18. The van der Waals surface area contributed by atoms with Crippen molar-refractivity contribution in [1.82, 2.24) is 10.3 Å². The van der Waals surface area contributed by atoms with Gasteiger partial charge in [0.2, 0.25) is 5.91 Å². The summed E-state index contributed by atoms with van der Waals surface area (Å²) in [6, 6.07) is 13.9. The molecule has 1 N–H and O–H groups in total. The maximum Gasteiger partial charge on any atom is 0.220 e. The molecule has 1 aromatic heterocycles. The Morgan fingerprint density at radius 3 is 2.71 bits per heavy atom. The second-order valence-electron chi connectivity index (χ2n) is 7.27. The van der Waals surface area contributed by atoms with Gasteiger partial charge in [-0.15, -0.1) is 11.3 Å². The van der Waals surface area contributed by atoms with Gasteiger partial charge in [0.15, 0.2) is 11.5 Å². The number of carbonyl (C=O) groups is 1. The molecule has 5 nitrogen and oxygen atoms in total. The van der Waals surface area contributed by atoms with Gasteiger partial charge in [-0.05, 0) is 35.7 Å². The summed E-state index contributed by atoms with van der Waals surface area (Å²) in [5.41, 5.74) is 2.03. The van der Waals surface area contributed by atoms with Crippen LogP contribution in [0.1, 0.15) is 36.9 Å². The first-order valence-corrected chi connectivity index (χ1v) is 10.4. The van der Waals surface area contributed by atoms with Crippen LogP contribution in [0.15, 0.2) is 42.5 Å². The first-order chi connectivity index (χ1) is 13.6. The molecule has 1 aliphatic heterocycles. The van der Waals surface area contributed by atoms with Crippen LogP contribution in [-0.2, 0) is 11.2 Å². The van der Waals surface area contributed by atoms with E-state index in [9.17, 15) is 4.79 Å². The van der Waals surface area contributed by atoms with E-state index in [4.69, 9.17) is 9.47 Å². The van der Waals surface area contributed by atoms with Gasteiger partial charge in [-0.1, -0.05) is 32.0 Å². The first-order valence-electron chi connectivity index (χ1n) is 9.63. The lowest BCUT2D eigenvalue weighted by molar-refractivity contribution is -0.122. The van der Waals surface area contributed by atoms with Crippen LogP contribution in [0, 0.1) is 5.92 Å². The lowest BCUT2D eigenvalue weighted by Crippen LogP contribution is -2.32. The van der Waals surface area contributed by atoms with E-state index in [1.807, 2.05) is 36.4 Å². The van der Waals surface area contributed by atoms with E-state index in [1.165, 1.54) is 0 Å². The Kier molecular flexibility index (Phi) is 5.48. The van der Waals surface area contributed by atoms with Crippen LogP contribution in [0.2, 0.25) is 0 Å². The van der Waals surface area contributed by atoms with Crippen LogP contribution >= 0.6 is 11.3 Å². The minimum absolute atomic E-state index is 0.0350. The Balaban J connectivity index is 1.42. The molecule has 0 aliphatic carbocycles. The summed E-state index contributed by atoms with van der Waals surface area (Å²) in [5.74, 6) is 1.81. The minimum Gasteiger partial charge on any atom is -0.486 e. The maximum atomic E-state index is 12.6. The summed E-state index contributed by atoms with van der Waals surface area (Å²) in [5, 5.41) is 4.18. The number of hydrogen-bond donors (Lipinski definition) is 1. The van der Waals surface area contributed by atoms with E-state index >= 15 is 0 Å². The van der Waals surface area contributed by atoms with Gasteiger partial charge in [0.25, 0.3) is 0 Å². The molecule has 1 aliphatic rings. The number of nitrogens with zero attached hydrogens (tertiary/aromatic N) is 1. The van der Waals surface area contributed by atoms with E-state index in [1.54, 1.807) is 11.3 Å². The molecule has 6 heteroatoms. The highest BCUT2D eigenvalue weighted by Gasteiger charge is 2.21. The van der Waals surface area contributed by atoms with Gasteiger partial charge in [0.05, 0.1) is 21.3 Å². The van der Waals surface area contributed by atoms with Crippen LogP contribution in [0.3, 0.4) is 0 Å². The van der Waals surface area contributed by atoms with Gasteiger partial charge >= 0.3 is 0 Å². The number of rotatable bonds is 6. The molecule has 0 fully saturated rings. The van der Waals surface area contributed by atoms with Gasteiger partial charge in [0.1, 0.15) is 13.2 Å². The van der Waals surface area contributed by atoms with Crippen molar-refractivity contribution in [2.45, 2.75) is 32.7 Å². The Morgan fingerprint density at radius 2 is 1.93 bits per heavy atom. The van der Waals surface area contributed by atoms with Crippen molar-refractivity contribution >= 4 is 27.5 Å². The number of thiazole rings is 1. The van der Waals surface area contributed by atoms with Crippen LogP contribution < -0.4 is 14.8 Å². The Morgan fingerprint density at radius 1 is 1.14 bits per heavy atom. The molecule has 2 heterocycles. The number of aromatic nitrogens is 1. The van der Waals surface area contributed by atoms with Gasteiger partial charge in [-0.2, -0.15) is 0 Å². The van der Waals surface area contributed by atoms with Crippen molar-refractivity contribution < 1.29 is 14.3 Å². The molecular formula is C22H24N2O3S. The van der Waals surface area contributed by atoms with Crippen molar-refractivity contribution in [3.63, 3.8) is 0 Å². The Labute approximate surface area is 168 Å². The van der Waals surface area contributed by atoms with Crippen molar-refractivity contribution in [2.75, 3.05) is 13.2 Å². The number of nitrogens with one attached hydrogen (secondary N) is 1. The van der Waals surface area contributed by atoms with Gasteiger partial charge in [-0.25, -0.2) is 4.98 Å². The lowest BCUT2D eigenvalue weighted by Gasteiger charge is -2.25. The molecule has 2 aromatic carbocycles. The summed E-state index contributed by atoms with van der Waals surface area (Å²) < 4.78 is 12.4. The number of aryl methyl sites for hydroxylation is 1. The number of fused-ring (bicyclic) bond motifs is 2. The summed E-state index contributed by atoms with van der Waals surface area (Å²) in [6.07, 6.45) is 1.07. The zero-order valence-electron chi connectivity index (χ0n) is 16.1. The third kappa shape index (κ3) is 4.12. The summed E-state index contributed by atoms with van der Waals surface area (Å²) in [6.45, 7) is 5.34. The van der Waals surface area contributed by atoms with Crippen LogP contribution in [0.5, 0.6) is 11.5 Å². The molecule has 1 atom stereocenters. The molecule has 146 valence electrons. The Hall–Kier alpha value is -2.60. The highest BCUT2D eigenvalue weighted by atomic mass is 32.1. The quantitative estimate of drug-likeness (QED) is 0.666. The fraction of sp³-hybridized carbons (Fsp3) is 0.364. The molecule has 0 saturated heterocycles. The third-order valence-electron chi connectivity index (χ3n) is 4.81. The largest absolute Gasteiger partial charge is 0.486 e. The number of hydrogen-bond acceptors (Lipinski definition) is 5. The monoisotopic (exact) mass is 396 g/mol. The molecule has 1 unspecified atom stereocenters. The van der Waals surface area contributed by atoms with Crippen molar-refractivity contribution in [2.24, 2.45) is 5.92 Å². The van der Waals surface area contributed by atoms with Crippen LogP contribution in [0.4, 0.5) is 0 Å². The standard InChI is InChI=1S/C22H24N2O3S/c1-14(2)22(15-7-8-17-18(13-15)27-12-11-26-17)24-20(25)9-10-21-23-16-5-3-4-6-19(16)28-21/h3-8,13-14,22H,9-12H2,1-2H3,(H,24,25). The van der Waals surface area contributed by atoms with E-state index < -0.39 is 0 Å². The zero-order valence-corrected chi connectivity index (χ0v) is 16.9. The van der Waals surface area contributed by atoms with Gasteiger partial charge in [-0.3, -0.25) is 4.79 Å². The fourth-order valence-electron chi connectivity index (χ4n) is 3.38. The molecule has 1 amide bonds. The van der Waals surface area contributed by atoms with E-state index in [-0.39, 0.29) is 17.9 Å². The molecule has 0 saturated carbocycles. The van der Waals surface area contributed by atoms with Crippen LogP contribution in [-0.4, -0.2) is 24.1 Å². The van der Waals surface area contributed by atoms with Gasteiger partial charge < -0.3 is 14.8 Å². The van der Waals surface area contributed by atoms with Gasteiger partial charge in [0, 0.05) is 12.8 Å². The molecule has 0 radical (unpaired) electrons. The van der Waals surface area contributed by atoms with Crippen molar-refractivity contribution in [3.05, 3.63) is 53.0 Å². The van der Waals surface area contributed by atoms with E-state index in [0.717, 1.165) is 32.3 Å². The lowest BCUT2D eigenvalue weighted by atomic mass is 9.95. The van der Waals surface area contributed by atoms with E-state index in [0.29, 0.717) is 26.1 Å². The summed E-state index contributed by atoms with van der Waals surface area (Å²) in [7, 11) is 0. The highest BCUT2D eigenvalue weighted by Crippen LogP contribution is 2.34. The Bertz CT molecular complexity index is 950. The molecule has 28 heavy (non-hydrogen) atoms. The molecule has 3 aromatic rings. The average molecular weight is 397 g/mol. The topological polar surface area (TPSA) is 60.5 Å². The summed E-state index contributed by atoms with van der Waals surface area (Å²) in [4.78, 5) is 17.2. The normalized spacial score (nSPS) is 14.2. The second-order valence-corrected chi connectivity index (χ2v) is 8.38. The summed E-state index contributed by atoms with van der Waals surface area (Å²) >= 11 is 1.65. The maximum absolute atomic E-state index is 12.6. The fourth-order valence-corrected chi connectivity index (χ4v) is 4.35. The number of amides is 1. The molecular weight excluding hydrogens is 372 g/mol. The molecule has 0 spiro atoms. The van der Waals surface area contributed by atoms with Crippen molar-refractivity contribution in [1.29, 1.82) is 0 Å². The average Bonchev–Trinajstić information content (AvgIpc) is 3.13. The third-order valence-corrected chi connectivity index (χ3v) is 5.91. The van der Waals surface area contributed by atoms with Crippen molar-refractivity contribution in [3.8, 4) is 11.5 Å². The molecule has 0 bridgehead atoms. The molecule has 4 rings (SSSR count). The first kappa shape index (κ1) is 18.7. The van der Waals surface area contributed by atoms with E-state index in [2.05, 4.69) is 30.2 Å². The smallest absolute Gasteiger partial charge is 0.220 e. The second kappa shape index (κ2) is 8.19. The number of ether oxygens (including phenoxy) is 2.